The van der Waals surface area contributed by atoms with Gasteiger partial charge in [-0.2, -0.15) is 0 Å². The van der Waals surface area contributed by atoms with E-state index in [1.54, 1.807) is 0 Å². The third kappa shape index (κ3) is 9.50. The number of esters is 1. The minimum absolute atomic E-state index is 0.0692. The molecular weight excluding hydrogens is 462 g/mol. The Balaban J connectivity index is 1.88. The summed E-state index contributed by atoms with van der Waals surface area (Å²) < 4.78 is 10.4. The Hall–Kier alpha value is -3.72. The number of amides is 2. The largest absolute Gasteiger partial charge is 0.454 e. The Bertz CT molecular complexity index is 1030. The van der Waals surface area contributed by atoms with E-state index in [9.17, 15) is 19.2 Å². The first-order valence-corrected chi connectivity index (χ1v) is 11.9. The molecule has 0 aliphatic carbocycles. The van der Waals surface area contributed by atoms with E-state index < -0.39 is 36.4 Å². The second kappa shape index (κ2) is 14.6. The van der Waals surface area contributed by atoms with Crippen LogP contribution in [0.25, 0.3) is 0 Å². The topological polar surface area (TPSA) is 137 Å². The molecule has 2 aromatic carbocycles. The second-order valence-corrected chi connectivity index (χ2v) is 8.64. The predicted octanol–water partition coefficient (Wildman–Crippen LogP) is 2.88. The van der Waals surface area contributed by atoms with Crippen molar-refractivity contribution in [3.8, 4) is 0 Å². The summed E-state index contributed by atoms with van der Waals surface area (Å²) in [4.78, 5) is 49.7. The minimum Gasteiger partial charge on any atom is -0.454 e. The first kappa shape index (κ1) is 28.5. The number of carbonyl (C=O) groups excluding carboxylic acids is 4. The van der Waals surface area contributed by atoms with Crippen LogP contribution in [0.5, 0.6) is 0 Å². The molecule has 2 aromatic rings. The number of nitrogens with two attached hydrogens (primary N) is 1. The molecule has 0 aliphatic rings. The molecule has 0 heterocycles. The summed E-state index contributed by atoms with van der Waals surface area (Å²) in [7, 11) is 0. The fraction of sp³-hybridized carbons (Fsp3) is 0.407. The van der Waals surface area contributed by atoms with Crippen LogP contribution in [0.3, 0.4) is 0 Å². The summed E-state index contributed by atoms with van der Waals surface area (Å²) in [6.45, 7) is 5.23. The highest BCUT2D eigenvalue weighted by Gasteiger charge is 2.23. The zero-order valence-electron chi connectivity index (χ0n) is 21.1. The molecule has 0 aromatic heterocycles. The average Bonchev–Trinajstić information content (AvgIpc) is 2.84. The van der Waals surface area contributed by atoms with E-state index in [1.165, 1.54) is 0 Å². The van der Waals surface area contributed by atoms with Crippen LogP contribution >= 0.6 is 0 Å². The molecule has 2 amide bonds. The van der Waals surface area contributed by atoms with Crippen LogP contribution in [-0.4, -0.2) is 49.5 Å². The van der Waals surface area contributed by atoms with Gasteiger partial charge in [0.25, 0.3) is 0 Å². The van der Waals surface area contributed by atoms with Gasteiger partial charge in [-0.3, -0.25) is 9.59 Å². The highest BCUT2D eigenvalue weighted by molar-refractivity contribution is 5.96. The second-order valence-electron chi connectivity index (χ2n) is 8.64. The Labute approximate surface area is 211 Å². The van der Waals surface area contributed by atoms with Crippen molar-refractivity contribution in [3.05, 3.63) is 70.3 Å². The number of ketones is 1. The highest BCUT2D eigenvalue weighted by atomic mass is 16.5. The van der Waals surface area contributed by atoms with E-state index in [1.807, 2.05) is 63.2 Å². The molecule has 36 heavy (non-hydrogen) atoms. The van der Waals surface area contributed by atoms with Crippen LogP contribution in [0.4, 0.5) is 4.79 Å². The number of hydrogen-bond acceptors (Lipinski definition) is 7. The number of carbonyl (C=O) groups is 4. The van der Waals surface area contributed by atoms with Gasteiger partial charge in [-0.05, 0) is 63.3 Å². The maximum Gasteiger partial charge on any atom is 0.407 e. The molecule has 0 fully saturated rings. The van der Waals surface area contributed by atoms with Gasteiger partial charge in [0.05, 0.1) is 11.6 Å². The van der Waals surface area contributed by atoms with Crippen LogP contribution in [0.2, 0.25) is 0 Å². The number of ether oxygens (including phenoxy) is 2. The van der Waals surface area contributed by atoms with Crippen molar-refractivity contribution in [2.45, 2.75) is 52.7 Å². The smallest absolute Gasteiger partial charge is 0.407 e. The van der Waals surface area contributed by atoms with Gasteiger partial charge in [-0.1, -0.05) is 48.0 Å². The molecule has 0 radical (unpaired) electrons. The standard InChI is InChI=1S/C27H35N3O6/c1-18-13-19(2)25(20(3)14-18)26(33)35-17-23(31)22(11-7-8-12-28)30-24(32)15-29-27(34)36-16-21-9-5-4-6-10-21/h4-6,9-10,13-14,22H,7-8,11-12,15-17,28H2,1-3H3,(H,29,34)(H,30,32)/t22-/m0/s1. The molecule has 2 rings (SSSR count). The number of alkyl carbamates (subject to hydrolysis) is 1. The number of nitrogens with one attached hydrogen (secondary N) is 2. The maximum absolute atomic E-state index is 12.8. The Morgan fingerprint density at radius 3 is 2.25 bits per heavy atom. The molecule has 0 saturated carbocycles. The minimum atomic E-state index is -0.876. The van der Waals surface area contributed by atoms with E-state index in [2.05, 4.69) is 10.6 Å². The summed E-state index contributed by atoms with van der Waals surface area (Å²) in [6.07, 6.45) is 0.855. The first-order chi connectivity index (χ1) is 17.2. The van der Waals surface area contributed by atoms with Crippen molar-refractivity contribution in [2.24, 2.45) is 5.73 Å². The van der Waals surface area contributed by atoms with Gasteiger partial charge in [0.2, 0.25) is 5.91 Å². The summed E-state index contributed by atoms with van der Waals surface area (Å²) in [5.41, 5.74) is 9.34. The van der Waals surface area contributed by atoms with Gasteiger partial charge in [0.1, 0.15) is 13.2 Å². The number of rotatable bonds is 13. The van der Waals surface area contributed by atoms with Gasteiger partial charge in [-0.15, -0.1) is 0 Å². The van der Waals surface area contributed by atoms with Crippen LogP contribution < -0.4 is 16.4 Å². The fourth-order valence-corrected chi connectivity index (χ4v) is 3.79. The zero-order chi connectivity index (χ0) is 26.5. The normalized spacial score (nSPS) is 11.3. The van der Waals surface area contributed by atoms with E-state index in [4.69, 9.17) is 15.2 Å². The number of Topliss-reactive ketones (excluding diaryl/α,β-unsaturated/α-hetero) is 1. The van der Waals surface area contributed by atoms with E-state index >= 15 is 0 Å². The predicted molar refractivity (Wildman–Crippen MR) is 135 cm³/mol. The first-order valence-electron chi connectivity index (χ1n) is 11.9. The molecule has 0 bridgehead atoms. The molecule has 9 heteroatoms. The van der Waals surface area contributed by atoms with Crippen molar-refractivity contribution in [2.75, 3.05) is 19.7 Å². The fourth-order valence-electron chi connectivity index (χ4n) is 3.79. The van der Waals surface area contributed by atoms with E-state index in [0.717, 1.165) is 22.3 Å². The lowest BCUT2D eigenvalue weighted by Crippen LogP contribution is -2.46. The third-order valence-electron chi connectivity index (χ3n) is 5.50. The molecule has 0 spiro atoms. The number of benzene rings is 2. The summed E-state index contributed by atoms with van der Waals surface area (Å²) in [5, 5.41) is 4.97. The van der Waals surface area contributed by atoms with Crippen molar-refractivity contribution >= 4 is 23.8 Å². The number of hydrogen-bond donors (Lipinski definition) is 3. The molecule has 1 atom stereocenters. The van der Waals surface area contributed by atoms with Crippen LogP contribution in [0.15, 0.2) is 42.5 Å². The van der Waals surface area contributed by atoms with Gasteiger partial charge in [-0.25, -0.2) is 9.59 Å². The van der Waals surface area contributed by atoms with Gasteiger partial charge < -0.3 is 25.8 Å². The van der Waals surface area contributed by atoms with Crippen LogP contribution in [0, 0.1) is 20.8 Å². The summed E-state index contributed by atoms with van der Waals surface area (Å²) in [6, 6.07) is 12.0. The molecule has 0 saturated heterocycles. The molecule has 4 N–H and O–H groups in total. The van der Waals surface area contributed by atoms with Gasteiger partial charge in [0.15, 0.2) is 12.4 Å². The quantitative estimate of drug-likeness (QED) is 0.286. The van der Waals surface area contributed by atoms with Crippen molar-refractivity contribution in [3.63, 3.8) is 0 Å². The van der Waals surface area contributed by atoms with E-state index in [0.29, 0.717) is 31.4 Å². The molecule has 194 valence electrons. The lowest BCUT2D eigenvalue weighted by atomic mass is 10.00. The maximum atomic E-state index is 12.8. The van der Waals surface area contributed by atoms with Crippen molar-refractivity contribution in [1.29, 1.82) is 0 Å². The van der Waals surface area contributed by atoms with E-state index in [-0.39, 0.29) is 13.2 Å². The molecular formula is C27H35N3O6. The third-order valence-corrected chi connectivity index (χ3v) is 5.50. The van der Waals surface area contributed by atoms with Gasteiger partial charge >= 0.3 is 12.1 Å². The van der Waals surface area contributed by atoms with Crippen LogP contribution in [-0.2, 0) is 25.7 Å². The zero-order valence-corrected chi connectivity index (χ0v) is 21.1. The van der Waals surface area contributed by atoms with Crippen LogP contribution in [0.1, 0.15) is 51.9 Å². The lowest BCUT2D eigenvalue weighted by Gasteiger charge is -2.18. The lowest BCUT2D eigenvalue weighted by molar-refractivity contribution is -0.129. The Morgan fingerprint density at radius 1 is 0.944 bits per heavy atom. The monoisotopic (exact) mass is 497 g/mol. The van der Waals surface area contributed by atoms with Crippen molar-refractivity contribution < 1.29 is 28.7 Å². The Kier molecular flexibility index (Phi) is 11.6. The number of aryl methyl sites for hydroxylation is 3. The summed E-state index contributed by atoms with van der Waals surface area (Å²) >= 11 is 0. The summed E-state index contributed by atoms with van der Waals surface area (Å²) in [5.74, 6) is -1.59. The SMILES string of the molecule is Cc1cc(C)c(C(=O)OCC(=O)[C@H](CCCCN)NC(=O)CNC(=O)OCc2ccccc2)c(C)c1. The highest BCUT2D eigenvalue weighted by Crippen LogP contribution is 2.17. The van der Waals surface area contributed by atoms with Crippen molar-refractivity contribution in [1.82, 2.24) is 10.6 Å². The average molecular weight is 498 g/mol. The van der Waals surface area contributed by atoms with Gasteiger partial charge in [0, 0.05) is 0 Å². The molecule has 9 nitrogen and oxygen atoms in total. The molecule has 0 unspecified atom stereocenters. The Morgan fingerprint density at radius 2 is 1.61 bits per heavy atom. The number of unbranched alkanes of at least 4 members (excludes halogenated alkanes) is 1. The molecule has 0 aliphatic heterocycles.